The van der Waals surface area contributed by atoms with Crippen LogP contribution in [0.5, 0.6) is 0 Å². The van der Waals surface area contributed by atoms with Crippen LogP contribution in [0.3, 0.4) is 0 Å². The summed E-state index contributed by atoms with van der Waals surface area (Å²) in [4.78, 5) is 0. The van der Waals surface area contributed by atoms with Crippen LogP contribution < -0.4 is 51.4 Å². The zero-order valence-electron chi connectivity index (χ0n) is 10.2. The van der Waals surface area contributed by atoms with Gasteiger partial charge in [0.15, 0.2) is 0 Å². The molecule has 80 valence electrons. The summed E-state index contributed by atoms with van der Waals surface area (Å²) in [5, 5.41) is 4.69. The fourth-order valence-corrected chi connectivity index (χ4v) is 2.27. The zero-order chi connectivity index (χ0) is 10.8. The van der Waals surface area contributed by atoms with Gasteiger partial charge in [-0.15, -0.1) is 12.2 Å². The van der Waals surface area contributed by atoms with E-state index in [-0.39, 0.29) is 51.4 Å². The van der Waals surface area contributed by atoms with E-state index in [2.05, 4.69) is 53.8 Å². The van der Waals surface area contributed by atoms with Gasteiger partial charge in [-0.3, -0.25) is 0 Å². The molecule has 1 nitrogen and oxygen atoms in total. The quantitative estimate of drug-likeness (QED) is 0.617. The van der Waals surface area contributed by atoms with E-state index in [9.17, 15) is 0 Å². The predicted molar refractivity (Wildman–Crippen MR) is 67.0 cm³/mol. The van der Waals surface area contributed by atoms with Gasteiger partial charge in [-0.25, -0.2) is 0 Å². The van der Waals surface area contributed by atoms with Gasteiger partial charge in [0.05, 0.1) is 0 Å². The molecule has 0 saturated carbocycles. The van der Waals surface area contributed by atoms with Gasteiger partial charge in [0.1, 0.15) is 0 Å². The van der Waals surface area contributed by atoms with Gasteiger partial charge in [-0.2, -0.15) is 0 Å². The summed E-state index contributed by atoms with van der Waals surface area (Å²) in [7, 11) is 0. The molecule has 0 bridgehead atoms. The van der Waals surface area contributed by atoms with E-state index in [0.29, 0.717) is 0 Å². The number of benzene rings is 2. The Kier molecular flexibility index (Phi) is 4.83. The average molecular weight is 247 g/mol. The minimum Gasteiger partial charge on any atom is -0.680 e. The van der Waals surface area contributed by atoms with Crippen molar-refractivity contribution < 1.29 is 51.4 Å². The van der Waals surface area contributed by atoms with Gasteiger partial charge in [-0.1, -0.05) is 59.7 Å². The Hall–Kier alpha value is -0.124. The third-order valence-corrected chi connectivity index (χ3v) is 3.19. The first kappa shape index (κ1) is 13.3. The van der Waals surface area contributed by atoms with E-state index < -0.39 is 0 Å². The Morgan fingerprint density at radius 3 is 2.12 bits per heavy atom. The van der Waals surface area contributed by atoms with Crippen LogP contribution in [0.2, 0.25) is 0 Å². The van der Waals surface area contributed by atoms with Crippen LogP contribution in [0, 0.1) is 0 Å². The molecule has 1 heterocycles. The summed E-state index contributed by atoms with van der Waals surface area (Å²) in [6.45, 7) is 0.813. The maximum Gasteiger partial charge on any atom is 1.00 e. The molecular formula is C15H14KN. The molecule has 2 aromatic carbocycles. The maximum atomic E-state index is 4.69. The fraction of sp³-hybridized carbons (Fsp3) is 0.200. The summed E-state index contributed by atoms with van der Waals surface area (Å²) in [5.74, 6) is 0. The van der Waals surface area contributed by atoms with Gasteiger partial charge in [-0.05, 0) is 18.4 Å². The molecule has 0 fully saturated rings. The number of nitrogens with zero attached hydrogens (tertiary/aromatic N) is 1. The topological polar surface area (TPSA) is 14.1 Å². The molecule has 3 rings (SSSR count). The second kappa shape index (κ2) is 6.16. The minimum absolute atomic E-state index is 0. The van der Waals surface area contributed by atoms with Gasteiger partial charge in [0, 0.05) is 0 Å². The molecule has 1 aliphatic rings. The number of para-hydroxylation sites is 1. The number of rotatable bonds is 0. The number of aryl methyl sites for hydroxylation is 2. The van der Waals surface area contributed by atoms with Crippen LogP contribution in [-0.4, -0.2) is 0 Å². The van der Waals surface area contributed by atoms with Crippen molar-refractivity contribution >= 4 is 5.69 Å². The minimum atomic E-state index is 0. The molecule has 0 N–H and O–H groups in total. The molecular weight excluding hydrogens is 233 g/mol. The summed E-state index contributed by atoms with van der Waals surface area (Å²) < 4.78 is 0. The Labute approximate surface area is 145 Å². The van der Waals surface area contributed by atoms with Crippen LogP contribution in [0.15, 0.2) is 48.5 Å². The van der Waals surface area contributed by atoms with Crippen molar-refractivity contribution in [1.29, 1.82) is 0 Å². The number of hydrogen-bond donors (Lipinski definition) is 0. The molecule has 0 aromatic heterocycles. The van der Waals surface area contributed by atoms with E-state index in [4.69, 9.17) is 0 Å². The molecule has 0 aliphatic carbocycles. The first-order valence-electron chi connectivity index (χ1n) is 5.76. The van der Waals surface area contributed by atoms with E-state index in [1.54, 1.807) is 0 Å². The zero-order valence-corrected chi connectivity index (χ0v) is 13.3. The summed E-state index contributed by atoms with van der Waals surface area (Å²) in [6, 6.07) is 17.1. The molecule has 0 atom stereocenters. The standard InChI is InChI=1S/C15H14N.K/c1-2-7-14-11-16-15-8-4-3-6-13(15)10-9-12(14)5-1;/h1-8H,9-11H2;/q-1;+1. The smallest absolute Gasteiger partial charge is 0.680 e. The van der Waals surface area contributed by atoms with Crippen molar-refractivity contribution in [3.8, 4) is 0 Å². The van der Waals surface area contributed by atoms with Gasteiger partial charge in [0.2, 0.25) is 0 Å². The molecule has 0 spiro atoms. The van der Waals surface area contributed by atoms with Crippen LogP contribution in [0.25, 0.3) is 5.32 Å². The van der Waals surface area contributed by atoms with Crippen molar-refractivity contribution in [1.82, 2.24) is 0 Å². The normalized spacial score (nSPS) is 13.2. The van der Waals surface area contributed by atoms with Crippen molar-refractivity contribution in [2.24, 2.45) is 0 Å². The number of hydrogen-bond acceptors (Lipinski definition) is 0. The second-order valence-electron chi connectivity index (χ2n) is 4.21. The molecule has 2 aromatic rings. The van der Waals surface area contributed by atoms with Crippen molar-refractivity contribution in [3.63, 3.8) is 0 Å². The molecule has 0 radical (unpaired) electrons. The Morgan fingerprint density at radius 1 is 0.706 bits per heavy atom. The Balaban J connectivity index is 0.00000108. The Morgan fingerprint density at radius 2 is 1.29 bits per heavy atom. The van der Waals surface area contributed by atoms with E-state index in [1.807, 2.05) is 0 Å². The van der Waals surface area contributed by atoms with Crippen molar-refractivity contribution in [2.45, 2.75) is 19.4 Å². The average Bonchev–Trinajstić information content (AvgIpc) is 2.32. The van der Waals surface area contributed by atoms with Crippen LogP contribution in [0.1, 0.15) is 16.7 Å². The molecule has 2 heteroatoms. The molecule has 0 unspecified atom stereocenters. The summed E-state index contributed by atoms with van der Waals surface area (Å²) in [6.07, 6.45) is 2.22. The van der Waals surface area contributed by atoms with Crippen LogP contribution in [-0.2, 0) is 19.4 Å². The monoisotopic (exact) mass is 247 g/mol. The largest absolute Gasteiger partial charge is 1.00 e. The summed E-state index contributed by atoms with van der Waals surface area (Å²) >= 11 is 0. The molecule has 0 saturated heterocycles. The second-order valence-corrected chi connectivity index (χ2v) is 4.21. The van der Waals surface area contributed by atoms with Crippen molar-refractivity contribution in [3.05, 3.63) is 70.5 Å². The van der Waals surface area contributed by atoms with Gasteiger partial charge in [0.25, 0.3) is 0 Å². The maximum absolute atomic E-state index is 4.69. The molecule has 1 aliphatic heterocycles. The van der Waals surface area contributed by atoms with Gasteiger partial charge < -0.3 is 5.32 Å². The first-order valence-corrected chi connectivity index (χ1v) is 5.76. The van der Waals surface area contributed by atoms with E-state index >= 15 is 0 Å². The SMILES string of the molecule is [K+].c1ccc2c(c1)CCc1ccccc1[N-]C2. The fourth-order valence-electron chi connectivity index (χ4n) is 2.27. The van der Waals surface area contributed by atoms with Crippen molar-refractivity contribution in [2.75, 3.05) is 0 Å². The summed E-state index contributed by atoms with van der Waals surface area (Å²) in [5.41, 5.74) is 5.35. The Bertz CT molecular complexity index is 414. The van der Waals surface area contributed by atoms with E-state index in [1.165, 1.54) is 16.7 Å². The first-order chi connectivity index (χ1) is 7.93. The third-order valence-electron chi connectivity index (χ3n) is 3.19. The third kappa shape index (κ3) is 3.01. The van der Waals surface area contributed by atoms with Crippen LogP contribution in [0.4, 0.5) is 5.69 Å². The van der Waals surface area contributed by atoms with E-state index in [0.717, 1.165) is 25.1 Å². The van der Waals surface area contributed by atoms with Crippen LogP contribution >= 0.6 is 0 Å². The van der Waals surface area contributed by atoms with Gasteiger partial charge >= 0.3 is 51.4 Å². The molecule has 17 heavy (non-hydrogen) atoms. The number of fused-ring (bicyclic) bond motifs is 2. The molecule has 0 amide bonds. The predicted octanol–water partition coefficient (Wildman–Crippen LogP) is 0.995.